The lowest BCUT2D eigenvalue weighted by Gasteiger charge is -2.12. The van der Waals surface area contributed by atoms with E-state index in [0.717, 1.165) is 6.08 Å². The van der Waals surface area contributed by atoms with Gasteiger partial charge in [0.05, 0.1) is 12.7 Å². The molecule has 0 aliphatic heterocycles. The van der Waals surface area contributed by atoms with Crippen molar-refractivity contribution >= 4 is 11.9 Å². The minimum Gasteiger partial charge on any atom is -0.462 e. The highest BCUT2D eigenvalue weighted by Crippen LogP contribution is 2.19. The number of benzene rings is 1. The van der Waals surface area contributed by atoms with Gasteiger partial charge in [0.15, 0.2) is 6.10 Å². The third-order valence-electron chi connectivity index (χ3n) is 2.23. The lowest BCUT2D eigenvalue weighted by Crippen LogP contribution is -2.06. The molecule has 0 fully saturated rings. The summed E-state index contributed by atoms with van der Waals surface area (Å²) in [7, 11) is 0. The van der Waals surface area contributed by atoms with Gasteiger partial charge in [-0.25, -0.2) is 9.18 Å². The van der Waals surface area contributed by atoms with Gasteiger partial charge in [-0.15, -0.1) is 5.73 Å². The van der Waals surface area contributed by atoms with E-state index in [2.05, 4.69) is 5.73 Å². The molecule has 1 unspecified atom stereocenters. The smallest absolute Gasteiger partial charge is 0.338 e. The number of ether oxygens (including phenoxy) is 2. The number of carbonyl (C=O) groups is 2. The van der Waals surface area contributed by atoms with E-state index in [4.69, 9.17) is 9.47 Å². The number of esters is 2. The van der Waals surface area contributed by atoms with Crippen LogP contribution in [0.2, 0.25) is 0 Å². The summed E-state index contributed by atoms with van der Waals surface area (Å²) in [6.45, 7) is 3.22. The first-order valence-electron chi connectivity index (χ1n) is 6.05. The Labute approximate surface area is 116 Å². The predicted octanol–water partition coefficient (Wildman–Crippen LogP) is 2.70. The monoisotopic (exact) mass is 278 g/mol. The Morgan fingerprint density at radius 1 is 1.35 bits per heavy atom. The van der Waals surface area contributed by atoms with Crippen LogP contribution in [-0.2, 0) is 19.1 Å². The summed E-state index contributed by atoms with van der Waals surface area (Å²) in [6.07, 6.45) is 1.76. The van der Waals surface area contributed by atoms with E-state index >= 15 is 0 Å². The SMILES string of the molecule is CCOC(=O)C=C=CC(OC(C)=O)c1ccc(F)cc1. The Bertz CT molecular complexity index is 527. The molecule has 0 amide bonds. The second-order valence-corrected chi connectivity index (χ2v) is 3.81. The molecular formula is C15H15FO4. The molecule has 0 N–H and O–H groups in total. The molecule has 0 saturated carbocycles. The van der Waals surface area contributed by atoms with E-state index in [1.807, 2.05) is 0 Å². The van der Waals surface area contributed by atoms with Gasteiger partial charge >= 0.3 is 11.9 Å². The molecule has 0 aromatic heterocycles. The summed E-state index contributed by atoms with van der Waals surface area (Å²) in [5.41, 5.74) is 3.17. The normalized spacial score (nSPS) is 10.9. The molecule has 0 aliphatic rings. The Morgan fingerprint density at radius 3 is 2.55 bits per heavy atom. The highest BCUT2D eigenvalue weighted by Gasteiger charge is 2.11. The topological polar surface area (TPSA) is 52.6 Å². The molecule has 1 rings (SSSR count). The van der Waals surface area contributed by atoms with Crippen molar-refractivity contribution in [1.82, 2.24) is 0 Å². The number of hydrogen-bond acceptors (Lipinski definition) is 4. The molecule has 0 saturated heterocycles. The molecule has 0 aliphatic carbocycles. The van der Waals surface area contributed by atoms with E-state index < -0.39 is 18.0 Å². The summed E-state index contributed by atoms with van der Waals surface area (Å²) in [6, 6.07) is 5.50. The minimum atomic E-state index is -0.737. The van der Waals surface area contributed by atoms with E-state index in [1.165, 1.54) is 37.3 Å². The average molecular weight is 278 g/mol. The molecule has 1 aromatic rings. The molecule has 106 valence electrons. The molecule has 4 nitrogen and oxygen atoms in total. The Kier molecular flexibility index (Phi) is 6.20. The van der Waals surface area contributed by atoms with Crippen LogP contribution in [0.3, 0.4) is 0 Å². The molecule has 0 bridgehead atoms. The third-order valence-corrected chi connectivity index (χ3v) is 2.23. The number of halogens is 1. The van der Waals surface area contributed by atoms with Crippen molar-refractivity contribution in [2.24, 2.45) is 0 Å². The van der Waals surface area contributed by atoms with Crippen LogP contribution in [-0.4, -0.2) is 18.5 Å². The average Bonchev–Trinajstić information content (AvgIpc) is 2.38. The quantitative estimate of drug-likeness (QED) is 0.472. The first kappa shape index (κ1) is 15.7. The summed E-state index contributed by atoms with van der Waals surface area (Å²) in [5.74, 6) is -1.42. The third kappa shape index (κ3) is 5.50. The summed E-state index contributed by atoms with van der Waals surface area (Å²) in [5, 5.41) is 0. The number of rotatable bonds is 5. The standard InChI is InChI=1S/C15H15FO4/c1-3-19-15(18)6-4-5-14(20-11(2)17)12-7-9-13(16)10-8-12/h5-10,14H,3H2,1-2H3. The molecule has 1 aromatic carbocycles. The molecule has 0 heterocycles. The number of carbonyl (C=O) groups excluding carboxylic acids is 2. The van der Waals surface area contributed by atoms with Crippen molar-refractivity contribution < 1.29 is 23.5 Å². The van der Waals surface area contributed by atoms with Crippen LogP contribution in [0.1, 0.15) is 25.5 Å². The second-order valence-electron chi connectivity index (χ2n) is 3.81. The Morgan fingerprint density at radius 2 is 2.00 bits per heavy atom. The molecule has 1 atom stereocenters. The second kappa shape index (κ2) is 7.92. The van der Waals surface area contributed by atoms with Gasteiger partial charge in [-0.3, -0.25) is 4.79 Å². The zero-order valence-corrected chi connectivity index (χ0v) is 11.3. The van der Waals surface area contributed by atoms with Gasteiger partial charge in [0.1, 0.15) is 5.82 Å². The van der Waals surface area contributed by atoms with E-state index in [-0.39, 0.29) is 12.4 Å². The summed E-state index contributed by atoms with van der Waals surface area (Å²) < 4.78 is 22.6. The fourth-order valence-electron chi connectivity index (χ4n) is 1.42. The number of hydrogen-bond donors (Lipinski definition) is 0. The van der Waals surface area contributed by atoms with Crippen molar-refractivity contribution in [3.05, 3.63) is 53.5 Å². The van der Waals surface area contributed by atoms with Gasteiger partial charge in [-0.2, -0.15) is 0 Å². The molecule has 20 heavy (non-hydrogen) atoms. The zero-order valence-electron chi connectivity index (χ0n) is 11.3. The minimum absolute atomic E-state index is 0.266. The highest BCUT2D eigenvalue weighted by atomic mass is 19.1. The van der Waals surface area contributed by atoms with Crippen molar-refractivity contribution in [2.75, 3.05) is 6.61 Å². The van der Waals surface area contributed by atoms with Crippen LogP contribution in [0.4, 0.5) is 4.39 Å². The molecule has 0 radical (unpaired) electrons. The van der Waals surface area contributed by atoms with Crippen molar-refractivity contribution in [1.29, 1.82) is 0 Å². The Balaban J connectivity index is 2.90. The molecule has 5 heteroatoms. The zero-order chi connectivity index (χ0) is 15.0. The fourth-order valence-corrected chi connectivity index (χ4v) is 1.42. The van der Waals surface area contributed by atoms with Gasteiger partial charge < -0.3 is 9.47 Å². The van der Waals surface area contributed by atoms with Crippen LogP contribution >= 0.6 is 0 Å². The first-order valence-corrected chi connectivity index (χ1v) is 6.05. The van der Waals surface area contributed by atoms with Crippen LogP contribution in [0, 0.1) is 5.82 Å². The van der Waals surface area contributed by atoms with E-state index in [9.17, 15) is 14.0 Å². The van der Waals surface area contributed by atoms with Crippen LogP contribution < -0.4 is 0 Å². The lowest BCUT2D eigenvalue weighted by molar-refractivity contribution is -0.144. The van der Waals surface area contributed by atoms with Gasteiger partial charge in [0, 0.05) is 13.0 Å². The van der Waals surface area contributed by atoms with E-state index in [0.29, 0.717) is 5.56 Å². The van der Waals surface area contributed by atoms with Gasteiger partial charge in [0.25, 0.3) is 0 Å². The van der Waals surface area contributed by atoms with Crippen molar-refractivity contribution in [3.8, 4) is 0 Å². The van der Waals surface area contributed by atoms with Gasteiger partial charge in [-0.1, -0.05) is 12.1 Å². The maximum Gasteiger partial charge on any atom is 0.338 e. The van der Waals surface area contributed by atoms with Gasteiger partial charge in [0.2, 0.25) is 0 Å². The van der Waals surface area contributed by atoms with Crippen LogP contribution in [0.25, 0.3) is 0 Å². The molecular weight excluding hydrogens is 263 g/mol. The first-order chi connectivity index (χ1) is 9.52. The molecule has 0 spiro atoms. The maximum absolute atomic E-state index is 12.9. The van der Waals surface area contributed by atoms with Crippen LogP contribution in [0.5, 0.6) is 0 Å². The van der Waals surface area contributed by atoms with Gasteiger partial charge in [-0.05, 0) is 24.6 Å². The summed E-state index contributed by atoms with van der Waals surface area (Å²) >= 11 is 0. The largest absolute Gasteiger partial charge is 0.462 e. The van der Waals surface area contributed by atoms with E-state index in [1.54, 1.807) is 6.92 Å². The van der Waals surface area contributed by atoms with Crippen LogP contribution in [0.15, 0.2) is 42.1 Å². The predicted molar refractivity (Wildman–Crippen MR) is 70.2 cm³/mol. The summed E-state index contributed by atoms with van der Waals surface area (Å²) in [4.78, 5) is 22.2. The maximum atomic E-state index is 12.9. The van der Waals surface area contributed by atoms with Crippen molar-refractivity contribution in [3.63, 3.8) is 0 Å². The lowest BCUT2D eigenvalue weighted by atomic mass is 10.1. The fraction of sp³-hybridized carbons (Fsp3) is 0.267. The van der Waals surface area contributed by atoms with Crippen molar-refractivity contribution in [2.45, 2.75) is 20.0 Å². The highest BCUT2D eigenvalue weighted by molar-refractivity contribution is 5.81. The Hall–Kier alpha value is -2.39.